The van der Waals surface area contributed by atoms with Gasteiger partial charge in [0.05, 0.1) is 19.3 Å². The molecule has 1 amide bonds. The van der Waals surface area contributed by atoms with Crippen LogP contribution in [0.1, 0.15) is 54.6 Å². The van der Waals surface area contributed by atoms with E-state index in [1.165, 1.54) is 0 Å². The van der Waals surface area contributed by atoms with Gasteiger partial charge < -0.3 is 19.1 Å². The van der Waals surface area contributed by atoms with E-state index in [1.807, 2.05) is 30.0 Å². The number of carbonyl (C=O) groups excluding carboxylic acids is 2. The largest absolute Gasteiger partial charge is 0.490 e. The van der Waals surface area contributed by atoms with Crippen molar-refractivity contribution in [3.05, 3.63) is 53.6 Å². The number of fused-ring (bicyclic) bond motifs is 1. The second-order valence-corrected chi connectivity index (χ2v) is 7.59. The molecule has 6 heteroatoms. The molecule has 1 saturated heterocycles. The van der Waals surface area contributed by atoms with E-state index >= 15 is 0 Å². The Kier molecular flexibility index (Phi) is 6.21. The zero-order valence-corrected chi connectivity index (χ0v) is 17.3. The van der Waals surface area contributed by atoms with Crippen LogP contribution in [0.4, 0.5) is 0 Å². The minimum atomic E-state index is -0.0432. The minimum Gasteiger partial charge on any atom is -0.490 e. The van der Waals surface area contributed by atoms with Crippen LogP contribution in [-0.2, 0) is 4.79 Å². The van der Waals surface area contributed by atoms with Gasteiger partial charge in [0.15, 0.2) is 23.9 Å². The fraction of sp³-hybridized carbons (Fsp3) is 0.417. The van der Waals surface area contributed by atoms with Gasteiger partial charge in [-0.2, -0.15) is 0 Å². The Morgan fingerprint density at radius 2 is 1.80 bits per heavy atom. The third-order valence-electron chi connectivity index (χ3n) is 5.59. The predicted molar refractivity (Wildman–Crippen MR) is 112 cm³/mol. The van der Waals surface area contributed by atoms with E-state index in [0.717, 1.165) is 36.3 Å². The van der Waals surface area contributed by atoms with E-state index in [9.17, 15) is 9.59 Å². The number of amides is 1. The van der Waals surface area contributed by atoms with Gasteiger partial charge >= 0.3 is 0 Å². The zero-order valence-electron chi connectivity index (χ0n) is 17.3. The third kappa shape index (κ3) is 4.42. The molecule has 0 bridgehead atoms. The molecule has 1 atom stereocenters. The van der Waals surface area contributed by atoms with Crippen molar-refractivity contribution in [2.24, 2.45) is 0 Å². The Morgan fingerprint density at radius 1 is 1.03 bits per heavy atom. The van der Waals surface area contributed by atoms with E-state index in [4.69, 9.17) is 14.2 Å². The number of ether oxygens (including phenoxy) is 3. The number of likely N-dealkylation sites (tertiary alicyclic amines) is 1. The normalized spacial score (nSPS) is 18.0. The van der Waals surface area contributed by atoms with E-state index < -0.39 is 0 Å². The molecule has 158 valence electrons. The van der Waals surface area contributed by atoms with Gasteiger partial charge in [-0.25, -0.2) is 0 Å². The van der Waals surface area contributed by atoms with Crippen molar-refractivity contribution in [1.82, 2.24) is 4.90 Å². The van der Waals surface area contributed by atoms with E-state index in [0.29, 0.717) is 37.5 Å². The zero-order chi connectivity index (χ0) is 20.9. The first kappa shape index (κ1) is 20.3. The summed E-state index contributed by atoms with van der Waals surface area (Å²) in [5.74, 6) is 2.15. The third-order valence-corrected chi connectivity index (χ3v) is 5.59. The fourth-order valence-corrected chi connectivity index (χ4v) is 3.97. The van der Waals surface area contributed by atoms with E-state index in [1.54, 1.807) is 24.3 Å². The van der Waals surface area contributed by atoms with Gasteiger partial charge in [-0.05, 0) is 54.8 Å². The van der Waals surface area contributed by atoms with Crippen molar-refractivity contribution in [1.29, 1.82) is 0 Å². The number of Topliss-reactive ketones (excluding diaryl/α,β-unsaturated/α-hetero) is 1. The van der Waals surface area contributed by atoms with Crippen LogP contribution in [0.2, 0.25) is 0 Å². The molecule has 0 spiro atoms. The summed E-state index contributed by atoms with van der Waals surface area (Å²) in [5.41, 5.74) is 1.72. The summed E-state index contributed by atoms with van der Waals surface area (Å²) in [6.45, 7) is 3.82. The van der Waals surface area contributed by atoms with E-state index in [2.05, 4.69) is 0 Å². The molecule has 2 aliphatic rings. The molecule has 0 unspecified atom stereocenters. The van der Waals surface area contributed by atoms with Crippen molar-refractivity contribution in [2.45, 2.75) is 38.6 Å². The maximum atomic E-state index is 12.9. The number of ketones is 1. The van der Waals surface area contributed by atoms with Gasteiger partial charge in [-0.15, -0.1) is 0 Å². The molecule has 2 aromatic rings. The van der Waals surface area contributed by atoms with Crippen LogP contribution in [0.15, 0.2) is 42.5 Å². The lowest BCUT2D eigenvalue weighted by Crippen LogP contribution is -2.34. The Labute approximate surface area is 176 Å². The maximum Gasteiger partial charge on any atom is 0.261 e. The molecule has 0 aliphatic carbocycles. The molecule has 6 nitrogen and oxygen atoms in total. The highest BCUT2D eigenvalue weighted by molar-refractivity contribution is 5.95. The first-order valence-corrected chi connectivity index (χ1v) is 10.6. The molecular weight excluding hydrogens is 382 g/mol. The Bertz CT molecular complexity index is 908. The van der Waals surface area contributed by atoms with Gasteiger partial charge in [0, 0.05) is 24.9 Å². The molecule has 2 heterocycles. The summed E-state index contributed by atoms with van der Waals surface area (Å²) in [6.07, 6.45) is 3.20. The van der Waals surface area contributed by atoms with Crippen LogP contribution in [0.3, 0.4) is 0 Å². The number of rotatable bonds is 6. The first-order valence-electron chi connectivity index (χ1n) is 10.6. The quantitative estimate of drug-likeness (QED) is 0.670. The van der Waals surface area contributed by atoms with Gasteiger partial charge in [-0.3, -0.25) is 9.59 Å². The second-order valence-electron chi connectivity index (χ2n) is 7.59. The summed E-state index contributed by atoms with van der Waals surface area (Å²) in [5, 5.41) is 0. The molecule has 0 aromatic heterocycles. The smallest absolute Gasteiger partial charge is 0.261 e. The molecule has 0 N–H and O–H groups in total. The molecule has 2 aromatic carbocycles. The van der Waals surface area contributed by atoms with Crippen molar-refractivity contribution < 1.29 is 23.8 Å². The minimum absolute atomic E-state index is 0.0165. The summed E-state index contributed by atoms with van der Waals surface area (Å²) >= 11 is 0. The molecule has 0 radical (unpaired) electrons. The Hall–Kier alpha value is -3.02. The van der Waals surface area contributed by atoms with Crippen LogP contribution in [0, 0.1) is 0 Å². The average Bonchev–Trinajstić information content (AvgIpc) is 3.16. The van der Waals surface area contributed by atoms with E-state index in [-0.39, 0.29) is 24.3 Å². The molecule has 30 heavy (non-hydrogen) atoms. The molecule has 1 fully saturated rings. The number of nitrogens with zero attached hydrogens (tertiary/aromatic N) is 1. The highest BCUT2D eigenvalue weighted by Crippen LogP contribution is 2.38. The van der Waals surface area contributed by atoms with Gasteiger partial charge in [0.2, 0.25) is 0 Å². The van der Waals surface area contributed by atoms with Crippen LogP contribution < -0.4 is 14.2 Å². The highest BCUT2D eigenvalue weighted by atomic mass is 16.5. The molecule has 0 saturated carbocycles. The number of hydrogen-bond acceptors (Lipinski definition) is 5. The van der Waals surface area contributed by atoms with Crippen molar-refractivity contribution >= 4 is 11.7 Å². The maximum absolute atomic E-state index is 12.9. The monoisotopic (exact) mass is 409 g/mol. The predicted octanol–water partition coefficient (Wildman–Crippen LogP) is 4.18. The summed E-state index contributed by atoms with van der Waals surface area (Å²) in [6, 6.07) is 12.9. The van der Waals surface area contributed by atoms with Gasteiger partial charge in [-0.1, -0.05) is 13.0 Å². The van der Waals surface area contributed by atoms with Crippen LogP contribution in [0.25, 0.3) is 0 Å². The van der Waals surface area contributed by atoms with Crippen molar-refractivity contribution in [3.8, 4) is 17.2 Å². The topological polar surface area (TPSA) is 65.1 Å². The SMILES string of the molecule is CCC(=O)c1ccc(OCC(=O)N2CCC[C@H]2c2ccc3c(c2)OCCCO3)cc1. The molecule has 4 rings (SSSR count). The standard InChI is InChI=1S/C24H27NO5/c1-2-21(26)17-6-9-19(10-7-17)30-16-24(27)25-12-3-5-20(25)18-8-11-22-23(15-18)29-14-4-13-28-22/h6-11,15,20H,2-5,12-14,16H2,1H3/t20-/m0/s1. The van der Waals surface area contributed by atoms with Crippen LogP contribution in [0.5, 0.6) is 17.2 Å². The molecule has 2 aliphatic heterocycles. The lowest BCUT2D eigenvalue weighted by atomic mass is 10.0. The second kappa shape index (κ2) is 9.20. The highest BCUT2D eigenvalue weighted by Gasteiger charge is 2.31. The van der Waals surface area contributed by atoms with Gasteiger partial charge in [0.25, 0.3) is 5.91 Å². The van der Waals surface area contributed by atoms with Crippen LogP contribution >= 0.6 is 0 Å². The number of benzene rings is 2. The Balaban J connectivity index is 1.40. The Morgan fingerprint density at radius 3 is 2.57 bits per heavy atom. The van der Waals surface area contributed by atoms with Crippen LogP contribution in [-0.4, -0.2) is 43.0 Å². The van der Waals surface area contributed by atoms with Gasteiger partial charge in [0.1, 0.15) is 5.75 Å². The number of carbonyl (C=O) groups is 2. The molecular formula is C24H27NO5. The lowest BCUT2D eigenvalue weighted by Gasteiger charge is -2.25. The fourth-order valence-electron chi connectivity index (χ4n) is 3.97. The summed E-state index contributed by atoms with van der Waals surface area (Å²) in [7, 11) is 0. The summed E-state index contributed by atoms with van der Waals surface area (Å²) < 4.78 is 17.2. The number of hydrogen-bond donors (Lipinski definition) is 0. The first-order chi connectivity index (χ1) is 14.7. The van der Waals surface area contributed by atoms with Crippen molar-refractivity contribution in [3.63, 3.8) is 0 Å². The summed E-state index contributed by atoms with van der Waals surface area (Å²) in [4.78, 5) is 26.5. The lowest BCUT2D eigenvalue weighted by molar-refractivity contribution is -0.134. The van der Waals surface area contributed by atoms with Crippen molar-refractivity contribution in [2.75, 3.05) is 26.4 Å². The average molecular weight is 409 g/mol.